The largest absolute Gasteiger partial charge is 0.472 e. The number of carbonyl (C=O) groups is 3. The lowest BCUT2D eigenvalue weighted by atomic mass is 10.0. The van der Waals surface area contributed by atoms with Crippen molar-refractivity contribution < 1.29 is 75.8 Å². The normalized spacial score (nSPS) is 14.6. The van der Waals surface area contributed by atoms with Gasteiger partial charge in [0.05, 0.1) is 26.4 Å². The van der Waals surface area contributed by atoms with Crippen LogP contribution in [0.3, 0.4) is 0 Å². The standard InChI is InChI=1S/C83H144O16P2/c1-4-7-10-13-16-19-22-25-28-30-31-32-33-34-35-36-37-38-39-40-41-42-43-44-45-47-50-51-54-57-60-63-66-69-81(86)93-72-78(84)73-95-100(89,90)96-74-79(85)75-97-101(91,92)98-77-80(99-83(88)71-68-65-62-59-56-53-48-27-24-21-18-15-12-9-6-3)76-94-82(87)70-67-64-61-58-55-52-49-46-29-26-23-20-17-14-11-8-5-2/h8-9,11-12,16-21,25-29,31-32,34-35,48,78-80,84-85H,4-7,10,13-15,22-24,30,33,36-47,49-77H2,1-3H3,(H,89,90)(H,91,92)/b11-8-,12-9-,19-16-,20-17-,21-18-,28-25-,29-26-,32-31-,35-34-,48-27-. The number of phosphoric acid groups is 2. The Kier molecular flexibility index (Phi) is 72.6. The van der Waals surface area contributed by atoms with E-state index in [1.165, 1.54) is 116 Å². The lowest BCUT2D eigenvalue weighted by molar-refractivity contribution is -0.161. The fraction of sp³-hybridized carbons (Fsp3) is 0.723. The number of hydrogen-bond acceptors (Lipinski definition) is 14. The number of carbonyl (C=O) groups excluding carboxylic acids is 3. The molecule has 0 aliphatic heterocycles. The summed E-state index contributed by atoms with van der Waals surface area (Å²) in [6.07, 6.45) is 89.8. The lowest BCUT2D eigenvalue weighted by Crippen LogP contribution is -2.30. The van der Waals surface area contributed by atoms with E-state index in [0.717, 1.165) is 154 Å². The number of unbranched alkanes of at least 4 members (excludes halogenated alkanes) is 32. The zero-order valence-corrected chi connectivity index (χ0v) is 65.3. The maximum absolute atomic E-state index is 12.9. The summed E-state index contributed by atoms with van der Waals surface area (Å²) in [5, 5.41) is 20.6. The van der Waals surface area contributed by atoms with E-state index in [9.17, 15) is 43.5 Å². The lowest BCUT2D eigenvalue weighted by Gasteiger charge is -2.21. The van der Waals surface area contributed by atoms with Crippen molar-refractivity contribution in [3.63, 3.8) is 0 Å². The molecule has 0 aromatic carbocycles. The molecule has 18 heteroatoms. The molecule has 101 heavy (non-hydrogen) atoms. The highest BCUT2D eigenvalue weighted by Crippen LogP contribution is 2.45. The Hall–Kier alpha value is -4.05. The van der Waals surface area contributed by atoms with Crippen molar-refractivity contribution in [1.82, 2.24) is 0 Å². The van der Waals surface area contributed by atoms with Gasteiger partial charge in [-0.05, 0) is 128 Å². The van der Waals surface area contributed by atoms with E-state index >= 15 is 0 Å². The van der Waals surface area contributed by atoms with Crippen molar-refractivity contribution >= 4 is 33.6 Å². The number of hydrogen-bond donors (Lipinski definition) is 4. The van der Waals surface area contributed by atoms with Gasteiger partial charge >= 0.3 is 33.6 Å². The molecule has 582 valence electrons. The Balaban J connectivity index is 4.42. The molecule has 0 radical (unpaired) electrons. The minimum absolute atomic E-state index is 0.0812. The second-order valence-corrected chi connectivity index (χ2v) is 29.4. The van der Waals surface area contributed by atoms with E-state index < -0.39 is 91.5 Å². The quantitative estimate of drug-likeness (QED) is 0.0146. The van der Waals surface area contributed by atoms with Crippen LogP contribution in [0.4, 0.5) is 0 Å². The first kappa shape index (κ1) is 97.0. The number of aliphatic hydroxyl groups excluding tert-OH is 2. The summed E-state index contributed by atoms with van der Waals surface area (Å²) in [4.78, 5) is 58.6. The molecule has 0 amide bonds. The first-order chi connectivity index (χ1) is 49.2. The number of aliphatic hydroxyl groups is 2. The summed E-state index contributed by atoms with van der Waals surface area (Å²) in [7, 11) is -9.79. The van der Waals surface area contributed by atoms with Crippen LogP contribution in [-0.4, -0.2) is 95.9 Å². The van der Waals surface area contributed by atoms with E-state index in [2.05, 4.69) is 142 Å². The molecule has 0 fully saturated rings. The average molecular weight is 1460 g/mol. The summed E-state index contributed by atoms with van der Waals surface area (Å²) in [6.45, 7) is 2.41. The predicted octanol–water partition coefficient (Wildman–Crippen LogP) is 23.3. The highest BCUT2D eigenvalue weighted by Gasteiger charge is 2.29. The third kappa shape index (κ3) is 76.9. The van der Waals surface area contributed by atoms with Crippen molar-refractivity contribution in [3.8, 4) is 0 Å². The van der Waals surface area contributed by atoms with Crippen molar-refractivity contribution in [2.75, 3.05) is 39.6 Å². The van der Waals surface area contributed by atoms with Crippen molar-refractivity contribution in [1.29, 1.82) is 0 Å². The number of ether oxygens (including phenoxy) is 3. The third-order valence-corrected chi connectivity index (χ3v) is 18.6. The van der Waals surface area contributed by atoms with Crippen LogP contribution in [0, 0.1) is 0 Å². The number of phosphoric ester groups is 2. The Morgan fingerprint density at radius 1 is 0.287 bits per heavy atom. The van der Waals surface area contributed by atoms with Gasteiger partial charge in [-0.25, -0.2) is 9.13 Å². The molecule has 0 bridgehead atoms. The molecular weight excluding hydrogens is 1310 g/mol. The third-order valence-electron chi connectivity index (χ3n) is 16.7. The van der Waals surface area contributed by atoms with Crippen LogP contribution < -0.4 is 0 Å². The summed E-state index contributed by atoms with van der Waals surface area (Å²) >= 11 is 0. The van der Waals surface area contributed by atoms with Gasteiger partial charge in [-0.3, -0.25) is 32.5 Å². The summed E-state index contributed by atoms with van der Waals surface area (Å²) in [6, 6.07) is 0. The van der Waals surface area contributed by atoms with Gasteiger partial charge in [0.1, 0.15) is 25.4 Å². The zero-order valence-electron chi connectivity index (χ0n) is 63.5. The van der Waals surface area contributed by atoms with Gasteiger partial charge < -0.3 is 34.2 Å². The van der Waals surface area contributed by atoms with Crippen LogP contribution >= 0.6 is 15.6 Å². The smallest absolute Gasteiger partial charge is 0.463 e. The van der Waals surface area contributed by atoms with Crippen molar-refractivity contribution in [3.05, 3.63) is 122 Å². The molecule has 16 nitrogen and oxygen atoms in total. The van der Waals surface area contributed by atoms with Gasteiger partial charge in [0.2, 0.25) is 0 Å². The van der Waals surface area contributed by atoms with E-state index in [-0.39, 0.29) is 19.3 Å². The van der Waals surface area contributed by atoms with Crippen LogP contribution in [0.1, 0.15) is 329 Å². The van der Waals surface area contributed by atoms with E-state index in [1.54, 1.807) is 0 Å². The fourth-order valence-corrected chi connectivity index (χ4v) is 12.2. The highest BCUT2D eigenvalue weighted by atomic mass is 31.2. The Morgan fingerprint density at radius 2 is 0.525 bits per heavy atom. The van der Waals surface area contributed by atoms with Crippen LogP contribution in [0.2, 0.25) is 0 Å². The van der Waals surface area contributed by atoms with Gasteiger partial charge in [0, 0.05) is 19.3 Å². The molecule has 0 aliphatic rings. The summed E-state index contributed by atoms with van der Waals surface area (Å²) in [5.74, 6) is -1.60. The van der Waals surface area contributed by atoms with Crippen LogP contribution in [-0.2, 0) is 55.8 Å². The van der Waals surface area contributed by atoms with Gasteiger partial charge in [-0.2, -0.15) is 0 Å². The van der Waals surface area contributed by atoms with Gasteiger partial charge in [-0.15, -0.1) is 0 Å². The molecule has 0 rings (SSSR count). The molecule has 0 saturated carbocycles. The van der Waals surface area contributed by atoms with Crippen LogP contribution in [0.25, 0.3) is 0 Å². The second-order valence-electron chi connectivity index (χ2n) is 26.5. The highest BCUT2D eigenvalue weighted by molar-refractivity contribution is 7.47. The molecule has 4 N–H and O–H groups in total. The summed E-state index contributed by atoms with van der Waals surface area (Å²) < 4.78 is 61.1. The van der Waals surface area contributed by atoms with Gasteiger partial charge in [0.15, 0.2) is 6.10 Å². The molecule has 5 atom stereocenters. The van der Waals surface area contributed by atoms with Gasteiger partial charge in [0.25, 0.3) is 0 Å². The van der Waals surface area contributed by atoms with Crippen molar-refractivity contribution in [2.24, 2.45) is 0 Å². The first-order valence-electron chi connectivity index (χ1n) is 39.8. The first-order valence-corrected chi connectivity index (χ1v) is 42.8. The minimum Gasteiger partial charge on any atom is -0.463 e. The number of esters is 3. The molecule has 0 aliphatic carbocycles. The van der Waals surface area contributed by atoms with Crippen LogP contribution in [0.5, 0.6) is 0 Å². The minimum atomic E-state index is -4.94. The molecule has 5 unspecified atom stereocenters. The van der Waals surface area contributed by atoms with E-state index in [0.29, 0.717) is 19.3 Å². The molecule has 0 saturated heterocycles. The summed E-state index contributed by atoms with van der Waals surface area (Å²) in [5.41, 5.74) is 0. The maximum Gasteiger partial charge on any atom is 0.472 e. The monoisotopic (exact) mass is 1460 g/mol. The fourth-order valence-electron chi connectivity index (χ4n) is 10.6. The van der Waals surface area contributed by atoms with Crippen molar-refractivity contribution in [2.45, 2.75) is 347 Å². The van der Waals surface area contributed by atoms with E-state index in [4.69, 9.17) is 32.3 Å². The Morgan fingerprint density at radius 3 is 0.832 bits per heavy atom. The Bertz CT molecular complexity index is 2320. The van der Waals surface area contributed by atoms with Crippen LogP contribution in [0.15, 0.2) is 122 Å². The SMILES string of the molecule is CC/C=C\C/C=C\C/C=C\CCCCCCCCCC(=O)OCC(COP(=O)(O)OCC(O)COP(=O)(O)OCC(O)COC(=O)CCCCCCCCCCCCCCCCCCC/C=C\C/C=C\C/C=C\C/C=C\CCCCC)OC(=O)CCCCCCC/C=C\C/C=C\C/C=C\CC. The number of allylic oxidation sites excluding steroid dienone is 20. The second kappa shape index (κ2) is 75.6. The average Bonchev–Trinajstić information content (AvgIpc) is 0.944. The van der Waals surface area contributed by atoms with E-state index in [1.807, 2.05) is 0 Å². The number of rotatable bonds is 75. The topological polar surface area (TPSA) is 231 Å². The molecule has 0 aromatic rings. The zero-order chi connectivity index (χ0) is 73.7. The maximum atomic E-state index is 12.9. The molecule has 0 spiro atoms. The Labute approximate surface area is 614 Å². The molecule has 0 aromatic heterocycles. The molecule has 0 heterocycles. The van der Waals surface area contributed by atoms with Gasteiger partial charge in [-0.1, -0.05) is 303 Å². The predicted molar refractivity (Wildman–Crippen MR) is 417 cm³/mol. The molecular formula is C83H144O16P2.